The quantitative estimate of drug-likeness (QED) is 0.353. The summed E-state index contributed by atoms with van der Waals surface area (Å²) in [5, 5.41) is 1.98. The van der Waals surface area contributed by atoms with Gasteiger partial charge in [0, 0.05) is 20.7 Å². The van der Waals surface area contributed by atoms with Crippen molar-refractivity contribution in [2.75, 3.05) is 7.11 Å². The highest BCUT2D eigenvalue weighted by Crippen LogP contribution is 2.40. The molecule has 0 atom stereocenters. The highest BCUT2D eigenvalue weighted by atomic mass is 35.5. The van der Waals surface area contributed by atoms with Gasteiger partial charge in [-0.25, -0.2) is 4.79 Å². The Morgan fingerprint density at radius 1 is 0.964 bits per heavy atom. The Hall–Kier alpha value is -2.40. The molecule has 0 saturated heterocycles. The molecule has 0 unspecified atom stereocenters. The van der Waals surface area contributed by atoms with Crippen molar-refractivity contribution in [3.8, 4) is 11.1 Å². The fraction of sp³-hybridized carbons (Fsp3) is 0.0455. The van der Waals surface area contributed by atoms with Crippen molar-refractivity contribution in [2.24, 2.45) is 0 Å². The molecule has 1 heterocycles. The van der Waals surface area contributed by atoms with Crippen molar-refractivity contribution in [1.29, 1.82) is 0 Å². The van der Waals surface area contributed by atoms with Crippen molar-refractivity contribution in [3.05, 3.63) is 82.5 Å². The van der Waals surface area contributed by atoms with E-state index in [0.717, 1.165) is 31.8 Å². The van der Waals surface area contributed by atoms with Gasteiger partial charge in [-0.3, -0.25) is 0 Å². The van der Waals surface area contributed by atoms with Gasteiger partial charge in [-0.2, -0.15) is 0 Å². The summed E-state index contributed by atoms with van der Waals surface area (Å²) in [5.41, 5.74) is 3.45. The van der Waals surface area contributed by atoms with Crippen molar-refractivity contribution in [3.63, 3.8) is 0 Å². The number of benzene rings is 3. The van der Waals surface area contributed by atoms with E-state index >= 15 is 0 Å². The molecule has 0 aliphatic carbocycles. The van der Waals surface area contributed by atoms with Gasteiger partial charge in [-0.15, -0.1) is 0 Å². The number of hydrogen-bond donors (Lipinski definition) is 1. The SMILES string of the molecule is COC(=O)c1cc2cc(-c3ccccc3)c(Sc3ccc(Cl)c(Cl)c3)cc2[nH]1. The Morgan fingerprint density at radius 2 is 1.75 bits per heavy atom. The van der Waals surface area contributed by atoms with E-state index in [4.69, 9.17) is 27.9 Å². The van der Waals surface area contributed by atoms with Gasteiger partial charge in [0.05, 0.1) is 17.2 Å². The van der Waals surface area contributed by atoms with Crippen LogP contribution >= 0.6 is 35.0 Å². The fourth-order valence-corrected chi connectivity index (χ4v) is 4.37. The summed E-state index contributed by atoms with van der Waals surface area (Å²) in [5.74, 6) is -0.392. The Labute approximate surface area is 176 Å². The zero-order valence-corrected chi connectivity index (χ0v) is 17.2. The molecule has 1 aromatic heterocycles. The lowest BCUT2D eigenvalue weighted by Gasteiger charge is -2.11. The zero-order chi connectivity index (χ0) is 19.7. The van der Waals surface area contributed by atoms with Crippen LogP contribution in [0.2, 0.25) is 10.0 Å². The van der Waals surface area contributed by atoms with Gasteiger partial charge >= 0.3 is 5.97 Å². The molecule has 0 bridgehead atoms. The monoisotopic (exact) mass is 427 g/mol. The van der Waals surface area contributed by atoms with Crippen molar-refractivity contribution < 1.29 is 9.53 Å². The average molecular weight is 428 g/mol. The first-order valence-corrected chi connectivity index (χ1v) is 10.1. The number of carbonyl (C=O) groups is 1. The second-order valence-electron chi connectivity index (χ2n) is 6.15. The summed E-state index contributed by atoms with van der Waals surface area (Å²) in [6.07, 6.45) is 0. The highest BCUT2D eigenvalue weighted by molar-refractivity contribution is 7.99. The van der Waals surface area contributed by atoms with Crippen molar-refractivity contribution in [2.45, 2.75) is 9.79 Å². The number of carbonyl (C=O) groups excluding carboxylic acids is 1. The Kier molecular flexibility index (Phi) is 5.36. The number of H-pyrrole nitrogens is 1. The van der Waals surface area contributed by atoms with Gasteiger partial charge < -0.3 is 9.72 Å². The minimum atomic E-state index is -0.392. The largest absolute Gasteiger partial charge is 0.464 e. The maximum atomic E-state index is 11.9. The normalized spacial score (nSPS) is 11.0. The van der Waals surface area contributed by atoms with Gasteiger partial charge in [0.25, 0.3) is 0 Å². The lowest BCUT2D eigenvalue weighted by molar-refractivity contribution is 0.0595. The van der Waals surface area contributed by atoms with E-state index in [-0.39, 0.29) is 0 Å². The van der Waals surface area contributed by atoms with E-state index in [1.165, 1.54) is 7.11 Å². The first-order valence-electron chi connectivity index (χ1n) is 8.48. The Balaban J connectivity index is 1.86. The summed E-state index contributed by atoms with van der Waals surface area (Å²) >= 11 is 13.8. The first kappa shape index (κ1) is 18.9. The molecule has 0 spiro atoms. The summed E-state index contributed by atoms with van der Waals surface area (Å²) in [6.45, 7) is 0. The van der Waals surface area contributed by atoms with Gasteiger partial charge in [0.1, 0.15) is 5.69 Å². The van der Waals surface area contributed by atoms with E-state index < -0.39 is 5.97 Å². The van der Waals surface area contributed by atoms with Crippen molar-refractivity contribution >= 4 is 51.8 Å². The third-order valence-electron chi connectivity index (χ3n) is 4.33. The van der Waals surface area contributed by atoms with Crippen LogP contribution in [0.3, 0.4) is 0 Å². The molecule has 0 amide bonds. The lowest BCUT2D eigenvalue weighted by Crippen LogP contribution is -2.00. The molecule has 1 N–H and O–H groups in total. The number of fused-ring (bicyclic) bond motifs is 1. The number of methoxy groups -OCH3 is 1. The van der Waals surface area contributed by atoms with Crippen LogP contribution < -0.4 is 0 Å². The standard InChI is InChI=1S/C22H15Cl2NO2S/c1-27-22(26)20-10-14-9-16(13-5-3-2-4-6-13)21(12-19(14)25-20)28-15-7-8-17(23)18(24)11-15/h2-12,25H,1H3. The molecule has 0 saturated carbocycles. The minimum absolute atomic E-state index is 0.392. The summed E-state index contributed by atoms with van der Waals surface area (Å²) in [4.78, 5) is 17.0. The number of esters is 1. The van der Waals surface area contributed by atoms with Crippen LogP contribution in [-0.2, 0) is 4.74 Å². The van der Waals surface area contributed by atoms with Gasteiger partial charge in [0.15, 0.2) is 0 Å². The number of hydrogen-bond acceptors (Lipinski definition) is 3. The van der Waals surface area contributed by atoms with Gasteiger partial charge in [-0.1, -0.05) is 65.3 Å². The number of aromatic amines is 1. The van der Waals surface area contributed by atoms with Gasteiger partial charge in [-0.05, 0) is 47.5 Å². The predicted molar refractivity (Wildman–Crippen MR) is 116 cm³/mol. The topological polar surface area (TPSA) is 42.1 Å². The first-order chi connectivity index (χ1) is 13.5. The molecule has 0 radical (unpaired) electrons. The predicted octanol–water partition coefficient (Wildman–Crippen LogP) is 7.08. The van der Waals surface area contributed by atoms with Crippen LogP contribution in [0.5, 0.6) is 0 Å². The smallest absolute Gasteiger partial charge is 0.354 e. The molecule has 6 heteroatoms. The zero-order valence-electron chi connectivity index (χ0n) is 14.8. The third kappa shape index (κ3) is 3.76. The van der Waals surface area contributed by atoms with E-state index in [0.29, 0.717) is 15.7 Å². The molecule has 28 heavy (non-hydrogen) atoms. The van der Waals surface area contributed by atoms with Crippen LogP contribution in [0, 0.1) is 0 Å². The second-order valence-corrected chi connectivity index (χ2v) is 8.08. The summed E-state index contributed by atoms with van der Waals surface area (Å²) in [6, 6.07) is 21.6. The lowest BCUT2D eigenvalue weighted by atomic mass is 10.0. The third-order valence-corrected chi connectivity index (χ3v) is 6.12. The molecule has 140 valence electrons. The molecule has 4 aromatic rings. The molecule has 4 rings (SSSR count). The number of rotatable bonds is 4. The molecule has 0 aliphatic heterocycles. The van der Waals surface area contributed by atoms with E-state index in [2.05, 4.69) is 23.2 Å². The molecule has 3 nitrogen and oxygen atoms in total. The number of nitrogens with one attached hydrogen (secondary N) is 1. The summed E-state index contributed by atoms with van der Waals surface area (Å²) in [7, 11) is 1.37. The Bertz CT molecular complexity index is 1170. The molecule has 3 aromatic carbocycles. The van der Waals surface area contributed by atoms with Crippen LogP contribution in [0.15, 0.2) is 76.5 Å². The number of halogens is 2. The highest BCUT2D eigenvalue weighted by Gasteiger charge is 2.14. The van der Waals surface area contributed by atoms with Crippen LogP contribution in [0.25, 0.3) is 22.0 Å². The maximum Gasteiger partial charge on any atom is 0.354 e. The van der Waals surface area contributed by atoms with Crippen LogP contribution in [0.4, 0.5) is 0 Å². The Morgan fingerprint density at radius 3 is 2.46 bits per heavy atom. The molecular formula is C22H15Cl2NO2S. The molecular weight excluding hydrogens is 413 g/mol. The number of aromatic nitrogens is 1. The molecule has 0 fully saturated rings. The fourth-order valence-electron chi connectivity index (χ4n) is 2.98. The van der Waals surface area contributed by atoms with E-state index in [1.807, 2.05) is 36.4 Å². The van der Waals surface area contributed by atoms with Crippen molar-refractivity contribution in [1.82, 2.24) is 4.98 Å². The molecule has 0 aliphatic rings. The van der Waals surface area contributed by atoms with Crippen LogP contribution in [-0.4, -0.2) is 18.1 Å². The summed E-state index contributed by atoms with van der Waals surface area (Å²) < 4.78 is 4.83. The maximum absolute atomic E-state index is 11.9. The number of ether oxygens (including phenoxy) is 1. The minimum Gasteiger partial charge on any atom is -0.464 e. The van der Waals surface area contributed by atoms with Gasteiger partial charge in [0.2, 0.25) is 0 Å². The van der Waals surface area contributed by atoms with E-state index in [1.54, 1.807) is 23.9 Å². The van der Waals surface area contributed by atoms with E-state index in [9.17, 15) is 4.79 Å². The van der Waals surface area contributed by atoms with Crippen LogP contribution in [0.1, 0.15) is 10.5 Å². The second kappa shape index (κ2) is 7.92. The average Bonchev–Trinajstić information content (AvgIpc) is 3.13.